The van der Waals surface area contributed by atoms with Crippen LogP contribution in [0.1, 0.15) is 16.7 Å². The van der Waals surface area contributed by atoms with Gasteiger partial charge in [0.2, 0.25) is 0 Å². The van der Waals surface area contributed by atoms with Crippen molar-refractivity contribution in [2.45, 2.75) is 20.4 Å². The van der Waals surface area contributed by atoms with Gasteiger partial charge in [-0.25, -0.2) is 0 Å². The highest BCUT2D eigenvalue weighted by Gasteiger charge is 1.93. The van der Waals surface area contributed by atoms with E-state index in [0.717, 1.165) is 0 Å². The summed E-state index contributed by atoms with van der Waals surface area (Å²) in [6.07, 6.45) is 0. The summed E-state index contributed by atoms with van der Waals surface area (Å²) in [7, 11) is 0. The summed E-state index contributed by atoms with van der Waals surface area (Å²) in [5, 5.41) is 0. The second-order valence-corrected chi connectivity index (χ2v) is 2.63. The molecule has 0 fully saturated rings. The molecular formula is C9H14ClN. The minimum absolute atomic E-state index is 0. The van der Waals surface area contributed by atoms with E-state index in [0.29, 0.717) is 6.54 Å². The van der Waals surface area contributed by atoms with Gasteiger partial charge in [0.1, 0.15) is 0 Å². The minimum Gasteiger partial charge on any atom is -0.326 e. The molecule has 0 aromatic heterocycles. The fourth-order valence-electron chi connectivity index (χ4n) is 1.02. The van der Waals surface area contributed by atoms with Crippen LogP contribution >= 0.6 is 12.4 Å². The summed E-state index contributed by atoms with van der Waals surface area (Å²) in [5.41, 5.74) is 9.34. The predicted molar refractivity (Wildman–Crippen MR) is 51.1 cm³/mol. The Balaban J connectivity index is 0.000001000. The summed E-state index contributed by atoms with van der Waals surface area (Å²) >= 11 is 0. The first-order chi connectivity index (χ1) is 4.74. The lowest BCUT2D eigenvalue weighted by atomic mass is 10.1. The predicted octanol–water partition coefficient (Wildman–Crippen LogP) is 2.18. The standard InChI is InChI=1S/C9H13N.ClH/c1-7-3-4-8(2)9(5-7)6-10;/h3-5H,6,10H2,1-2H3;1H. The van der Waals surface area contributed by atoms with Gasteiger partial charge >= 0.3 is 0 Å². The first-order valence-electron chi connectivity index (χ1n) is 3.50. The number of rotatable bonds is 1. The molecule has 0 radical (unpaired) electrons. The molecule has 0 unspecified atom stereocenters. The Labute approximate surface area is 74.0 Å². The fourth-order valence-corrected chi connectivity index (χ4v) is 1.02. The zero-order chi connectivity index (χ0) is 7.56. The van der Waals surface area contributed by atoms with Crippen LogP contribution in [0, 0.1) is 13.8 Å². The van der Waals surface area contributed by atoms with Crippen molar-refractivity contribution >= 4 is 12.4 Å². The van der Waals surface area contributed by atoms with Crippen molar-refractivity contribution in [3.63, 3.8) is 0 Å². The van der Waals surface area contributed by atoms with Crippen LogP contribution in [0.25, 0.3) is 0 Å². The van der Waals surface area contributed by atoms with Gasteiger partial charge in [-0.15, -0.1) is 12.4 Å². The Hall–Kier alpha value is -0.530. The normalized spacial score (nSPS) is 9.00. The summed E-state index contributed by atoms with van der Waals surface area (Å²) in [6, 6.07) is 6.35. The van der Waals surface area contributed by atoms with Crippen LogP contribution < -0.4 is 5.73 Å². The number of hydrogen-bond acceptors (Lipinski definition) is 1. The van der Waals surface area contributed by atoms with Gasteiger partial charge in [-0.05, 0) is 25.0 Å². The van der Waals surface area contributed by atoms with Crippen molar-refractivity contribution in [3.05, 3.63) is 34.9 Å². The van der Waals surface area contributed by atoms with E-state index in [1.165, 1.54) is 16.7 Å². The maximum atomic E-state index is 5.52. The summed E-state index contributed by atoms with van der Waals surface area (Å²) < 4.78 is 0. The number of benzene rings is 1. The van der Waals surface area contributed by atoms with Crippen LogP contribution in [0.4, 0.5) is 0 Å². The van der Waals surface area contributed by atoms with Gasteiger partial charge in [-0.2, -0.15) is 0 Å². The van der Waals surface area contributed by atoms with Crippen LogP contribution in [0.15, 0.2) is 18.2 Å². The van der Waals surface area contributed by atoms with Crippen molar-refractivity contribution in [2.24, 2.45) is 5.73 Å². The van der Waals surface area contributed by atoms with Crippen LogP contribution in [0.5, 0.6) is 0 Å². The van der Waals surface area contributed by atoms with Gasteiger partial charge < -0.3 is 5.73 Å². The molecule has 62 valence electrons. The molecule has 0 bridgehead atoms. The molecule has 0 atom stereocenters. The summed E-state index contributed by atoms with van der Waals surface area (Å²) in [5.74, 6) is 0. The van der Waals surface area contributed by atoms with Gasteiger partial charge in [0, 0.05) is 6.54 Å². The molecule has 0 spiro atoms. The highest BCUT2D eigenvalue weighted by atomic mass is 35.5. The highest BCUT2D eigenvalue weighted by molar-refractivity contribution is 5.85. The highest BCUT2D eigenvalue weighted by Crippen LogP contribution is 2.08. The number of hydrogen-bond donors (Lipinski definition) is 1. The molecule has 11 heavy (non-hydrogen) atoms. The summed E-state index contributed by atoms with van der Waals surface area (Å²) in [6.45, 7) is 4.81. The van der Waals surface area contributed by atoms with Gasteiger partial charge in [0.15, 0.2) is 0 Å². The van der Waals surface area contributed by atoms with Crippen LogP contribution in [-0.4, -0.2) is 0 Å². The van der Waals surface area contributed by atoms with Crippen LogP contribution in [0.2, 0.25) is 0 Å². The lowest BCUT2D eigenvalue weighted by molar-refractivity contribution is 1.04. The smallest absolute Gasteiger partial charge is 0.0180 e. The molecule has 0 aliphatic heterocycles. The zero-order valence-electron chi connectivity index (χ0n) is 6.92. The Kier molecular flexibility index (Phi) is 4.16. The molecule has 1 aromatic carbocycles. The lowest BCUT2D eigenvalue weighted by Crippen LogP contribution is -1.98. The van der Waals surface area contributed by atoms with E-state index < -0.39 is 0 Å². The number of halogens is 1. The Morgan fingerprint density at radius 3 is 2.36 bits per heavy atom. The third kappa shape index (κ3) is 2.52. The van der Waals surface area contributed by atoms with Crippen LogP contribution in [0.3, 0.4) is 0 Å². The molecule has 1 rings (SSSR count). The zero-order valence-corrected chi connectivity index (χ0v) is 7.74. The largest absolute Gasteiger partial charge is 0.326 e. The van der Waals surface area contributed by atoms with Gasteiger partial charge in [0.05, 0.1) is 0 Å². The maximum Gasteiger partial charge on any atom is 0.0180 e. The molecule has 1 aromatic rings. The van der Waals surface area contributed by atoms with Crippen LogP contribution in [-0.2, 0) is 6.54 Å². The van der Waals surface area contributed by atoms with Crippen molar-refractivity contribution in [1.29, 1.82) is 0 Å². The quantitative estimate of drug-likeness (QED) is 0.689. The average molecular weight is 172 g/mol. The van der Waals surface area contributed by atoms with Crippen molar-refractivity contribution < 1.29 is 0 Å². The van der Waals surface area contributed by atoms with E-state index in [4.69, 9.17) is 5.73 Å². The van der Waals surface area contributed by atoms with Gasteiger partial charge in [0.25, 0.3) is 0 Å². The molecule has 2 heteroatoms. The first kappa shape index (κ1) is 10.5. The molecule has 1 nitrogen and oxygen atoms in total. The SMILES string of the molecule is Cc1ccc(C)c(CN)c1.Cl. The molecule has 0 saturated carbocycles. The topological polar surface area (TPSA) is 26.0 Å². The maximum absolute atomic E-state index is 5.52. The number of aryl methyl sites for hydroxylation is 2. The number of nitrogens with two attached hydrogens (primary N) is 1. The first-order valence-corrected chi connectivity index (χ1v) is 3.50. The minimum atomic E-state index is 0. The Morgan fingerprint density at radius 2 is 1.91 bits per heavy atom. The van der Waals surface area contributed by atoms with Crippen molar-refractivity contribution in [1.82, 2.24) is 0 Å². The molecule has 0 heterocycles. The molecule has 2 N–H and O–H groups in total. The second-order valence-electron chi connectivity index (χ2n) is 2.63. The van der Waals surface area contributed by atoms with E-state index in [1.54, 1.807) is 0 Å². The Morgan fingerprint density at radius 1 is 1.27 bits per heavy atom. The fraction of sp³-hybridized carbons (Fsp3) is 0.333. The average Bonchev–Trinajstić information content (AvgIpc) is 1.94. The van der Waals surface area contributed by atoms with Crippen molar-refractivity contribution in [2.75, 3.05) is 0 Å². The molecule has 0 saturated heterocycles. The third-order valence-corrected chi connectivity index (χ3v) is 1.72. The molecule has 0 aliphatic carbocycles. The van der Waals surface area contributed by atoms with Gasteiger partial charge in [-0.1, -0.05) is 23.8 Å². The van der Waals surface area contributed by atoms with E-state index >= 15 is 0 Å². The summed E-state index contributed by atoms with van der Waals surface area (Å²) in [4.78, 5) is 0. The lowest BCUT2D eigenvalue weighted by Gasteiger charge is -2.02. The molecular weight excluding hydrogens is 158 g/mol. The van der Waals surface area contributed by atoms with Crippen molar-refractivity contribution in [3.8, 4) is 0 Å². The van der Waals surface area contributed by atoms with Gasteiger partial charge in [-0.3, -0.25) is 0 Å². The van der Waals surface area contributed by atoms with E-state index in [9.17, 15) is 0 Å². The Bertz CT molecular complexity index is 233. The third-order valence-electron chi connectivity index (χ3n) is 1.72. The monoisotopic (exact) mass is 171 g/mol. The van der Waals surface area contributed by atoms with E-state index in [1.807, 2.05) is 0 Å². The second kappa shape index (κ2) is 4.37. The molecule has 0 amide bonds. The molecule has 0 aliphatic rings. The van der Waals surface area contributed by atoms with E-state index in [2.05, 4.69) is 32.0 Å². The van der Waals surface area contributed by atoms with E-state index in [-0.39, 0.29) is 12.4 Å².